The molecule has 0 atom stereocenters. The number of sulfonamides is 1. The van der Waals surface area contributed by atoms with Crippen molar-refractivity contribution in [1.29, 1.82) is 0 Å². The van der Waals surface area contributed by atoms with Crippen LogP contribution in [-0.4, -0.2) is 8.42 Å². The average molecular weight is 365 g/mol. The summed E-state index contributed by atoms with van der Waals surface area (Å²) < 4.78 is 27.5. The largest absolute Gasteiger partial charge is 0.279 e. The number of nitrogens with one attached hydrogen (secondary N) is 1. The van der Waals surface area contributed by atoms with Crippen molar-refractivity contribution in [3.63, 3.8) is 0 Å². The summed E-state index contributed by atoms with van der Waals surface area (Å²) in [7, 11) is -3.77. The van der Waals surface area contributed by atoms with Gasteiger partial charge >= 0.3 is 0 Å². The second-order valence-electron chi connectivity index (χ2n) is 4.55. The Kier molecular flexibility index (Phi) is 4.73. The minimum absolute atomic E-state index is 0.0799. The van der Waals surface area contributed by atoms with Crippen LogP contribution in [0.5, 0.6) is 0 Å². The van der Waals surface area contributed by atoms with Crippen LogP contribution in [0.3, 0.4) is 0 Å². The van der Waals surface area contributed by atoms with Gasteiger partial charge in [0.1, 0.15) is 0 Å². The van der Waals surface area contributed by atoms with E-state index in [9.17, 15) is 8.42 Å². The van der Waals surface area contributed by atoms with Gasteiger partial charge in [-0.15, -0.1) is 0 Å². The van der Waals surface area contributed by atoms with E-state index < -0.39 is 10.0 Å². The van der Waals surface area contributed by atoms with Gasteiger partial charge in [0.05, 0.1) is 20.6 Å². The van der Waals surface area contributed by atoms with Crippen molar-refractivity contribution in [2.75, 3.05) is 4.72 Å². The van der Waals surface area contributed by atoms with E-state index in [2.05, 4.69) is 4.72 Å². The lowest BCUT2D eigenvalue weighted by atomic mass is 10.2. The maximum absolute atomic E-state index is 12.5. The summed E-state index contributed by atoms with van der Waals surface area (Å²) in [6.45, 7) is 3.39. The molecule has 0 saturated carbocycles. The molecule has 0 saturated heterocycles. The van der Waals surface area contributed by atoms with E-state index in [0.29, 0.717) is 26.9 Å². The highest BCUT2D eigenvalue weighted by atomic mass is 35.5. The number of hydrogen-bond donors (Lipinski definition) is 1. The van der Waals surface area contributed by atoms with Gasteiger partial charge in [0.15, 0.2) is 0 Å². The molecule has 0 amide bonds. The third-order valence-electron chi connectivity index (χ3n) is 3.02. The third kappa shape index (κ3) is 3.46. The molecule has 2 aromatic carbocycles. The van der Waals surface area contributed by atoms with Crippen molar-refractivity contribution in [3.05, 3.63) is 56.5 Å². The Morgan fingerprint density at radius 2 is 1.57 bits per heavy atom. The predicted octanol–water partition coefficient (Wildman–Crippen LogP) is 5.06. The molecule has 0 aliphatic carbocycles. The molecular formula is C14H12Cl3NO2S. The first-order valence-electron chi connectivity index (χ1n) is 5.96. The van der Waals surface area contributed by atoms with Gasteiger partial charge < -0.3 is 0 Å². The number of aryl methyl sites for hydroxylation is 1. The molecule has 0 aliphatic rings. The quantitative estimate of drug-likeness (QED) is 0.827. The van der Waals surface area contributed by atoms with Gasteiger partial charge in [0.25, 0.3) is 10.0 Å². The summed E-state index contributed by atoms with van der Waals surface area (Å²) >= 11 is 17.8. The summed E-state index contributed by atoms with van der Waals surface area (Å²) in [6, 6.07) is 7.87. The molecule has 0 radical (unpaired) electrons. The van der Waals surface area contributed by atoms with Crippen LogP contribution < -0.4 is 4.72 Å². The second kappa shape index (κ2) is 6.05. The summed E-state index contributed by atoms with van der Waals surface area (Å²) in [4.78, 5) is 0.0799. The fourth-order valence-corrected chi connectivity index (χ4v) is 3.83. The first kappa shape index (κ1) is 16.4. The van der Waals surface area contributed by atoms with Crippen LogP contribution >= 0.6 is 34.8 Å². The number of rotatable bonds is 3. The van der Waals surface area contributed by atoms with Gasteiger partial charge in [-0.2, -0.15) is 0 Å². The number of benzene rings is 2. The normalized spacial score (nSPS) is 11.5. The highest BCUT2D eigenvalue weighted by Crippen LogP contribution is 2.30. The zero-order valence-corrected chi connectivity index (χ0v) is 14.3. The van der Waals surface area contributed by atoms with Gasteiger partial charge in [-0.05, 0) is 49.2 Å². The fraction of sp³-hybridized carbons (Fsp3) is 0.143. The monoisotopic (exact) mass is 363 g/mol. The Labute approximate surface area is 138 Å². The Bertz CT molecular complexity index is 804. The molecule has 0 bridgehead atoms. The van der Waals surface area contributed by atoms with Crippen molar-refractivity contribution >= 4 is 50.5 Å². The van der Waals surface area contributed by atoms with Gasteiger partial charge in [-0.25, -0.2) is 8.42 Å². The first-order chi connectivity index (χ1) is 9.72. The number of anilines is 1. The van der Waals surface area contributed by atoms with Gasteiger partial charge in [0.2, 0.25) is 0 Å². The molecule has 0 aliphatic heterocycles. The Morgan fingerprint density at radius 1 is 0.952 bits per heavy atom. The van der Waals surface area contributed by atoms with Crippen molar-refractivity contribution in [3.8, 4) is 0 Å². The average Bonchev–Trinajstić information content (AvgIpc) is 2.39. The van der Waals surface area contributed by atoms with Crippen molar-refractivity contribution in [1.82, 2.24) is 0 Å². The summed E-state index contributed by atoms with van der Waals surface area (Å²) in [6.07, 6.45) is 0. The summed E-state index contributed by atoms with van der Waals surface area (Å²) in [5.74, 6) is 0. The summed E-state index contributed by atoms with van der Waals surface area (Å²) in [5.41, 5.74) is 1.59. The van der Waals surface area contributed by atoms with Crippen LogP contribution in [0.15, 0.2) is 35.2 Å². The zero-order chi connectivity index (χ0) is 15.8. The minimum Gasteiger partial charge on any atom is -0.279 e. The maximum atomic E-state index is 12.5. The molecule has 0 unspecified atom stereocenters. The highest BCUT2D eigenvalue weighted by molar-refractivity contribution is 7.92. The van der Waals surface area contributed by atoms with E-state index in [1.807, 2.05) is 0 Å². The van der Waals surface area contributed by atoms with E-state index >= 15 is 0 Å². The molecule has 0 fully saturated rings. The highest BCUT2D eigenvalue weighted by Gasteiger charge is 2.20. The summed E-state index contributed by atoms with van der Waals surface area (Å²) in [5, 5.41) is 0.985. The Morgan fingerprint density at radius 3 is 2.24 bits per heavy atom. The molecule has 2 aromatic rings. The lowest BCUT2D eigenvalue weighted by Gasteiger charge is -2.13. The van der Waals surface area contributed by atoms with Crippen LogP contribution in [0, 0.1) is 13.8 Å². The topological polar surface area (TPSA) is 46.2 Å². The maximum Gasteiger partial charge on any atom is 0.262 e. The van der Waals surface area contributed by atoms with Crippen LogP contribution in [0.4, 0.5) is 5.69 Å². The molecule has 21 heavy (non-hydrogen) atoms. The van der Waals surface area contributed by atoms with E-state index in [1.165, 1.54) is 12.1 Å². The van der Waals surface area contributed by atoms with E-state index in [1.54, 1.807) is 32.0 Å². The molecular weight excluding hydrogens is 353 g/mol. The standard InChI is InChI=1S/C14H12Cl3NO2S/c1-8-6-11(16)12(17)7-14(8)21(19,20)18-13-5-3-4-10(15)9(13)2/h3-7,18H,1-2H3. The predicted molar refractivity (Wildman–Crippen MR) is 88.2 cm³/mol. The SMILES string of the molecule is Cc1cc(Cl)c(Cl)cc1S(=O)(=O)Nc1cccc(Cl)c1C. The van der Waals surface area contributed by atoms with E-state index in [-0.39, 0.29) is 9.92 Å². The molecule has 112 valence electrons. The first-order valence-corrected chi connectivity index (χ1v) is 8.57. The minimum atomic E-state index is -3.77. The van der Waals surface area contributed by atoms with Crippen molar-refractivity contribution < 1.29 is 8.42 Å². The van der Waals surface area contributed by atoms with Crippen LogP contribution in [0.2, 0.25) is 15.1 Å². The number of halogens is 3. The Hall–Kier alpha value is -0.940. The molecule has 1 N–H and O–H groups in total. The smallest absolute Gasteiger partial charge is 0.262 e. The molecule has 7 heteroatoms. The van der Waals surface area contributed by atoms with Crippen molar-refractivity contribution in [2.45, 2.75) is 18.7 Å². The molecule has 0 aromatic heterocycles. The van der Waals surface area contributed by atoms with Crippen LogP contribution in [0.1, 0.15) is 11.1 Å². The molecule has 2 rings (SSSR count). The van der Waals surface area contributed by atoms with Gasteiger partial charge in [-0.3, -0.25) is 4.72 Å². The third-order valence-corrected chi connectivity index (χ3v) is 5.66. The zero-order valence-electron chi connectivity index (χ0n) is 11.2. The number of hydrogen-bond acceptors (Lipinski definition) is 2. The molecule has 3 nitrogen and oxygen atoms in total. The van der Waals surface area contributed by atoms with Gasteiger partial charge in [-0.1, -0.05) is 40.9 Å². The lowest BCUT2D eigenvalue weighted by molar-refractivity contribution is 0.600. The molecule has 0 spiro atoms. The lowest BCUT2D eigenvalue weighted by Crippen LogP contribution is -2.15. The van der Waals surface area contributed by atoms with Crippen LogP contribution in [0.25, 0.3) is 0 Å². The molecule has 0 heterocycles. The van der Waals surface area contributed by atoms with E-state index in [0.717, 1.165) is 0 Å². The van der Waals surface area contributed by atoms with Crippen molar-refractivity contribution in [2.24, 2.45) is 0 Å². The second-order valence-corrected chi connectivity index (χ2v) is 7.42. The van der Waals surface area contributed by atoms with Crippen LogP contribution in [-0.2, 0) is 10.0 Å². The van der Waals surface area contributed by atoms with Gasteiger partial charge in [0, 0.05) is 5.02 Å². The van der Waals surface area contributed by atoms with E-state index in [4.69, 9.17) is 34.8 Å². The fourth-order valence-electron chi connectivity index (χ4n) is 1.84. The Balaban J connectivity index is 2.48.